The lowest BCUT2D eigenvalue weighted by Crippen LogP contribution is -2.20. The number of methoxy groups -OCH3 is 1. The predicted molar refractivity (Wildman–Crippen MR) is 98.8 cm³/mol. The number of amides is 1. The molecule has 1 N–H and O–H groups in total. The van der Waals surface area contributed by atoms with Crippen LogP contribution in [0.5, 0.6) is 5.88 Å². The molecule has 134 valence electrons. The quantitative estimate of drug-likeness (QED) is 0.693. The Hall–Kier alpha value is -3.00. The largest absolute Gasteiger partial charge is 0.467 e. The number of nitrogens with one attached hydrogen (secondary N) is 1. The first-order valence-electron chi connectivity index (χ1n) is 7.81. The van der Waals surface area contributed by atoms with Crippen LogP contribution >= 0.6 is 11.3 Å². The lowest BCUT2D eigenvalue weighted by Gasteiger charge is -2.09. The lowest BCUT2D eigenvalue weighted by atomic mass is 10.2. The third-order valence-corrected chi connectivity index (χ3v) is 4.95. The molecule has 0 atom stereocenters. The van der Waals surface area contributed by atoms with Crippen LogP contribution in [0.2, 0.25) is 0 Å². The third kappa shape index (κ3) is 3.65. The Balaban J connectivity index is 1.69. The van der Waals surface area contributed by atoms with Gasteiger partial charge in [0.2, 0.25) is 5.88 Å². The van der Waals surface area contributed by atoms with E-state index in [1.165, 1.54) is 13.4 Å². The topological polar surface area (TPSA) is 90.4 Å². The molecule has 26 heavy (non-hydrogen) atoms. The van der Waals surface area contributed by atoms with Gasteiger partial charge in [-0.05, 0) is 37.6 Å². The monoisotopic (exact) mass is 371 g/mol. The first-order chi connectivity index (χ1) is 12.5. The summed E-state index contributed by atoms with van der Waals surface area (Å²) in [5.41, 5.74) is 1.89. The molecule has 1 amide bonds. The van der Waals surface area contributed by atoms with Crippen molar-refractivity contribution in [1.29, 1.82) is 0 Å². The number of benzene rings is 1. The average Bonchev–Trinajstić information content (AvgIpc) is 2.94. The molecule has 0 bridgehead atoms. The zero-order chi connectivity index (χ0) is 18.7. The molecule has 0 unspecified atom stereocenters. The predicted octanol–water partition coefficient (Wildman–Crippen LogP) is 3.11. The number of anilines is 1. The van der Waals surface area contributed by atoms with Gasteiger partial charge < -0.3 is 14.8 Å². The Morgan fingerprint density at radius 3 is 2.81 bits per heavy atom. The molecule has 0 aliphatic heterocycles. The zero-order valence-electron chi connectivity index (χ0n) is 14.5. The van der Waals surface area contributed by atoms with Crippen LogP contribution in [0.25, 0.3) is 10.2 Å². The molecule has 7 nitrogen and oxygen atoms in total. The molecule has 0 aliphatic rings. The Morgan fingerprint density at radius 2 is 2.04 bits per heavy atom. The van der Waals surface area contributed by atoms with E-state index in [0.717, 1.165) is 20.7 Å². The maximum atomic E-state index is 12.2. The van der Waals surface area contributed by atoms with Gasteiger partial charge in [-0.1, -0.05) is 6.07 Å². The van der Waals surface area contributed by atoms with Crippen molar-refractivity contribution < 1.29 is 19.1 Å². The summed E-state index contributed by atoms with van der Waals surface area (Å²) in [5.74, 6) is -0.442. The summed E-state index contributed by atoms with van der Waals surface area (Å²) in [6.07, 6.45) is 1.42. The molecule has 0 saturated carbocycles. The average molecular weight is 371 g/mol. The summed E-state index contributed by atoms with van der Waals surface area (Å²) in [6.45, 7) is 3.78. The van der Waals surface area contributed by atoms with Crippen molar-refractivity contribution in [1.82, 2.24) is 9.97 Å². The van der Waals surface area contributed by atoms with Gasteiger partial charge in [0.05, 0.1) is 18.1 Å². The molecular weight excluding hydrogens is 354 g/mol. The molecule has 0 aliphatic carbocycles. The highest BCUT2D eigenvalue weighted by atomic mass is 32.1. The third-order valence-electron chi connectivity index (χ3n) is 3.84. The summed E-state index contributed by atoms with van der Waals surface area (Å²) < 4.78 is 10.3. The van der Waals surface area contributed by atoms with E-state index in [0.29, 0.717) is 17.1 Å². The van der Waals surface area contributed by atoms with E-state index in [4.69, 9.17) is 4.74 Å². The van der Waals surface area contributed by atoms with Crippen LogP contribution in [0.1, 0.15) is 20.8 Å². The molecule has 0 radical (unpaired) electrons. The van der Waals surface area contributed by atoms with Crippen LogP contribution in [0.4, 0.5) is 5.69 Å². The van der Waals surface area contributed by atoms with E-state index in [1.54, 1.807) is 35.6 Å². The number of carbonyl (C=O) groups excluding carboxylic acids is 2. The standard InChI is InChI=1S/C18H17N3O4S/c1-10-11(2)26-17-15(10)16(19-9-20-17)25-8-14(22)21-13-6-4-5-12(7-13)18(23)24-3/h4-7,9H,8H2,1-3H3,(H,21,22). The number of thiophene rings is 1. The number of carbonyl (C=O) groups is 2. The summed E-state index contributed by atoms with van der Waals surface area (Å²) in [4.78, 5) is 34.1. The Morgan fingerprint density at radius 1 is 1.23 bits per heavy atom. The maximum Gasteiger partial charge on any atom is 0.337 e. The number of hydrogen-bond donors (Lipinski definition) is 1. The Bertz CT molecular complexity index is 984. The number of fused-ring (bicyclic) bond motifs is 1. The fourth-order valence-corrected chi connectivity index (χ4v) is 3.42. The summed E-state index contributed by atoms with van der Waals surface area (Å²) in [5, 5.41) is 3.52. The Labute approximate surface area is 154 Å². The molecule has 1 aromatic carbocycles. The number of ether oxygens (including phenoxy) is 2. The van der Waals surface area contributed by atoms with E-state index < -0.39 is 5.97 Å². The van der Waals surface area contributed by atoms with Crippen LogP contribution < -0.4 is 10.1 Å². The van der Waals surface area contributed by atoms with Crippen molar-refractivity contribution in [3.8, 4) is 5.88 Å². The van der Waals surface area contributed by atoms with Crippen LogP contribution in [0.3, 0.4) is 0 Å². The Kier molecular flexibility index (Phi) is 5.13. The van der Waals surface area contributed by atoms with Crippen molar-refractivity contribution in [3.63, 3.8) is 0 Å². The molecular formula is C18H17N3O4S. The minimum Gasteiger partial charge on any atom is -0.467 e. The fraction of sp³-hybridized carbons (Fsp3) is 0.222. The molecule has 3 aromatic rings. The van der Waals surface area contributed by atoms with E-state index in [9.17, 15) is 9.59 Å². The SMILES string of the molecule is COC(=O)c1cccc(NC(=O)COc2ncnc3sc(C)c(C)c23)c1. The number of nitrogens with zero attached hydrogens (tertiary/aromatic N) is 2. The fourth-order valence-electron chi connectivity index (χ4n) is 2.43. The number of rotatable bonds is 5. The number of hydrogen-bond acceptors (Lipinski definition) is 7. The number of aromatic nitrogens is 2. The van der Waals surface area contributed by atoms with Gasteiger partial charge in [0.15, 0.2) is 6.61 Å². The molecule has 2 aromatic heterocycles. The van der Waals surface area contributed by atoms with Crippen molar-refractivity contribution >= 4 is 39.1 Å². The second-order valence-electron chi connectivity index (χ2n) is 5.55. The summed E-state index contributed by atoms with van der Waals surface area (Å²) in [6, 6.07) is 6.49. The van der Waals surface area contributed by atoms with E-state index >= 15 is 0 Å². The molecule has 0 saturated heterocycles. The summed E-state index contributed by atoms with van der Waals surface area (Å²) in [7, 11) is 1.30. The van der Waals surface area contributed by atoms with Crippen LogP contribution in [0, 0.1) is 13.8 Å². The highest BCUT2D eigenvalue weighted by Crippen LogP contribution is 2.33. The van der Waals surface area contributed by atoms with Crippen LogP contribution in [-0.2, 0) is 9.53 Å². The highest BCUT2D eigenvalue weighted by molar-refractivity contribution is 7.18. The molecule has 2 heterocycles. The van der Waals surface area contributed by atoms with Gasteiger partial charge in [-0.3, -0.25) is 4.79 Å². The molecule has 0 fully saturated rings. The van der Waals surface area contributed by atoms with Crippen LogP contribution in [-0.4, -0.2) is 35.6 Å². The van der Waals surface area contributed by atoms with Gasteiger partial charge in [0.1, 0.15) is 11.2 Å². The van der Waals surface area contributed by atoms with Crippen molar-refractivity contribution in [3.05, 3.63) is 46.6 Å². The summed E-state index contributed by atoms with van der Waals surface area (Å²) >= 11 is 1.56. The molecule has 8 heteroatoms. The smallest absolute Gasteiger partial charge is 0.337 e. The van der Waals surface area contributed by atoms with Crippen molar-refractivity contribution in [2.24, 2.45) is 0 Å². The van der Waals surface area contributed by atoms with Gasteiger partial charge in [0, 0.05) is 10.6 Å². The minimum absolute atomic E-state index is 0.205. The van der Waals surface area contributed by atoms with Crippen LogP contribution in [0.15, 0.2) is 30.6 Å². The molecule has 0 spiro atoms. The lowest BCUT2D eigenvalue weighted by molar-refractivity contribution is -0.118. The zero-order valence-corrected chi connectivity index (χ0v) is 15.3. The van der Waals surface area contributed by atoms with E-state index in [1.807, 2.05) is 13.8 Å². The first kappa shape index (κ1) is 17.8. The van der Waals surface area contributed by atoms with Crippen molar-refractivity contribution in [2.75, 3.05) is 19.0 Å². The van der Waals surface area contributed by atoms with Gasteiger partial charge >= 0.3 is 5.97 Å². The van der Waals surface area contributed by atoms with Gasteiger partial charge in [0.25, 0.3) is 5.91 Å². The second kappa shape index (κ2) is 7.49. The van der Waals surface area contributed by atoms with Gasteiger partial charge in [-0.15, -0.1) is 11.3 Å². The maximum absolute atomic E-state index is 12.2. The first-order valence-corrected chi connectivity index (χ1v) is 8.63. The highest BCUT2D eigenvalue weighted by Gasteiger charge is 2.14. The number of aryl methyl sites for hydroxylation is 2. The van der Waals surface area contributed by atoms with Crippen molar-refractivity contribution in [2.45, 2.75) is 13.8 Å². The normalized spacial score (nSPS) is 10.6. The van der Waals surface area contributed by atoms with Gasteiger partial charge in [-0.2, -0.15) is 0 Å². The molecule has 3 rings (SSSR count). The number of esters is 1. The van der Waals surface area contributed by atoms with E-state index in [2.05, 4.69) is 20.0 Å². The second-order valence-corrected chi connectivity index (χ2v) is 6.75. The minimum atomic E-state index is -0.468. The van der Waals surface area contributed by atoms with E-state index in [-0.39, 0.29) is 12.5 Å². The van der Waals surface area contributed by atoms with Gasteiger partial charge in [-0.25, -0.2) is 14.8 Å².